The number of carbonyl (C=O) groups excluding carboxylic acids is 2. The van der Waals surface area contributed by atoms with Crippen molar-refractivity contribution in [1.29, 1.82) is 0 Å². The summed E-state index contributed by atoms with van der Waals surface area (Å²) in [7, 11) is 0. The Labute approximate surface area is 148 Å². The number of rotatable bonds is 5. The minimum Gasteiger partial charge on any atom is -0.457 e. The summed E-state index contributed by atoms with van der Waals surface area (Å²) < 4.78 is 10.4. The smallest absolute Gasteiger partial charge is 0.344 e. The van der Waals surface area contributed by atoms with Crippen LogP contribution in [0.3, 0.4) is 0 Å². The predicted molar refractivity (Wildman–Crippen MR) is 92.8 cm³/mol. The number of likely N-dealkylation sites (tertiary alicyclic amines) is 1. The molecular weight excluding hydrogens is 322 g/mol. The fraction of sp³-hybridized carbons (Fsp3) is 0.579. The van der Waals surface area contributed by atoms with Crippen molar-refractivity contribution in [2.75, 3.05) is 19.7 Å². The van der Waals surface area contributed by atoms with Gasteiger partial charge >= 0.3 is 11.9 Å². The summed E-state index contributed by atoms with van der Waals surface area (Å²) in [5.74, 6) is -1.05. The molecule has 2 rings (SSSR count). The van der Waals surface area contributed by atoms with Gasteiger partial charge in [0, 0.05) is 13.1 Å². The van der Waals surface area contributed by atoms with E-state index in [0.717, 1.165) is 5.56 Å². The van der Waals surface area contributed by atoms with E-state index in [1.807, 2.05) is 35.2 Å². The van der Waals surface area contributed by atoms with Gasteiger partial charge < -0.3 is 14.6 Å². The van der Waals surface area contributed by atoms with Crippen molar-refractivity contribution in [2.45, 2.75) is 51.4 Å². The van der Waals surface area contributed by atoms with E-state index >= 15 is 0 Å². The van der Waals surface area contributed by atoms with Gasteiger partial charge in [0.1, 0.15) is 11.6 Å². The lowest BCUT2D eigenvalue weighted by molar-refractivity contribution is -0.169. The van der Waals surface area contributed by atoms with Crippen molar-refractivity contribution in [1.82, 2.24) is 4.90 Å². The van der Waals surface area contributed by atoms with Gasteiger partial charge in [0.15, 0.2) is 6.61 Å². The highest BCUT2D eigenvalue weighted by molar-refractivity contribution is 5.81. The molecule has 0 radical (unpaired) electrons. The second kappa shape index (κ2) is 8.45. The van der Waals surface area contributed by atoms with Gasteiger partial charge in [-0.2, -0.15) is 0 Å². The third-order valence-electron chi connectivity index (χ3n) is 3.96. The number of carbonyl (C=O) groups is 2. The number of nitrogens with zero attached hydrogens (tertiary/aromatic N) is 1. The molecule has 0 aliphatic carbocycles. The summed E-state index contributed by atoms with van der Waals surface area (Å²) in [4.78, 5) is 26.4. The number of hydrogen-bond acceptors (Lipinski definition) is 6. The van der Waals surface area contributed by atoms with Crippen LogP contribution < -0.4 is 0 Å². The van der Waals surface area contributed by atoms with Crippen molar-refractivity contribution in [3.05, 3.63) is 35.9 Å². The summed E-state index contributed by atoms with van der Waals surface area (Å²) >= 11 is 0. The van der Waals surface area contributed by atoms with Crippen molar-refractivity contribution >= 4 is 11.9 Å². The highest BCUT2D eigenvalue weighted by Crippen LogP contribution is 2.26. The molecule has 138 valence electrons. The minimum atomic E-state index is -0.620. The van der Waals surface area contributed by atoms with Crippen LogP contribution in [0.4, 0.5) is 0 Å². The molecule has 0 unspecified atom stereocenters. The van der Waals surface area contributed by atoms with E-state index in [9.17, 15) is 14.7 Å². The first-order valence-electron chi connectivity index (χ1n) is 8.62. The molecule has 1 fully saturated rings. The quantitative estimate of drug-likeness (QED) is 0.820. The molecule has 1 N–H and O–H groups in total. The monoisotopic (exact) mass is 349 g/mol. The summed E-state index contributed by atoms with van der Waals surface area (Å²) in [6.07, 6.45) is 0.899. The molecule has 1 aromatic carbocycles. The first-order valence-corrected chi connectivity index (χ1v) is 8.62. The average molecular weight is 349 g/mol. The van der Waals surface area contributed by atoms with Gasteiger partial charge in [-0.05, 0) is 39.2 Å². The maximum absolute atomic E-state index is 12.7. The Balaban J connectivity index is 2.05. The van der Waals surface area contributed by atoms with Gasteiger partial charge in [-0.25, -0.2) is 9.59 Å². The first kappa shape index (κ1) is 19.4. The van der Waals surface area contributed by atoms with E-state index in [-0.39, 0.29) is 6.10 Å². The molecule has 0 spiro atoms. The molecule has 1 aliphatic rings. The molecule has 1 atom stereocenters. The fourth-order valence-corrected chi connectivity index (χ4v) is 2.86. The number of benzene rings is 1. The summed E-state index contributed by atoms with van der Waals surface area (Å²) in [5, 5.41) is 9.70. The Morgan fingerprint density at radius 3 is 2.36 bits per heavy atom. The maximum Gasteiger partial charge on any atom is 0.344 e. The topological polar surface area (TPSA) is 76.1 Å². The number of piperidine rings is 1. The molecule has 25 heavy (non-hydrogen) atoms. The van der Waals surface area contributed by atoms with Crippen molar-refractivity contribution in [2.24, 2.45) is 0 Å². The third kappa shape index (κ3) is 6.14. The van der Waals surface area contributed by atoms with E-state index in [1.54, 1.807) is 20.8 Å². The molecule has 1 saturated heterocycles. The third-order valence-corrected chi connectivity index (χ3v) is 3.96. The fourth-order valence-electron chi connectivity index (χ4n) is 2.86. The zero-order valence-electron chi connectivity index (χ0n) is 15.1. The molecule has 0 saturated carbocycles. The van der Waals surface area contributed by atoms with Crippen LogP contribution in [0, 0.1) is 0 Å². The Morgan fingerprint density at radius 1 is 1.20 bits per heavy atom. The number of aliphatic hydroxyl groups excluding tert-OH is 1. The van der Waals surface area contributed by atoms with Crippen LogP contribution in [0.2, 0.25) is 0 Å². The Morgan fingerprint density at radius 2 is 1.80 bits per heavy atom. The van der Waals surface area contributed by atoms with E-state index in [0.29, 0.717) is 25.9 Å². The molecule has 6 heteroatoms. The Bertz CT molecular complexity index is 573. The van der Waals surface area contributed by atoms with Crippen LogP contribution in [0.1, 0.15) is 45.2 Å². The number of ether oxygens (including phenoxy) is 2. The van der Waals surface area contributed by atoms with E-state index < -0.39 is 30.2 Å². The lowest BCUT2D eigenvalue weighted by Gasteiger charge is -2.35. The molecule has 1 aliphatic heterocycles. The molecule has 0 aromatic heterocycles. The van der Waals surface area contributed by atoms with Gasteiger partial charge in [-0.1, -0.05) is 30.3 Å². The van der Waals surface area contributed by atoms with Crippen LogP contribution in [0.5, 0.6) is 0 Å². The van der Waals surface area contributed by atoms with E-state index in [2.05, 4.69) is 0 Å². The van der Waals surface area contributed by atoms with Crippen LogP contribution >= 0.6 is 0 Å². The van der Waals surface area contributed by atoms with Crippen LogP contribution in [-0.2, 0) is 19.1 Å². The van der Waals surface area contributed by atoms with E-state index in [1.165, 1.54) is 0 Å². The van der Waals surface area contributed by atoms with Gasteiger partial charge in [-0.15, -0.1) is 0 Å². The van der Waals surface area contributed by atoms with Crippen molar-refractivity contribution < 1.29 is 24.2 Å². The summed E-state index contributed by atoms with van der Waals surface area (Å²) in [6.45, 7) is 6.08. The largest absolute Gasteiger partial charge is 0.457 e. The van der Waals surface area contributed by atoms with Gasteiger partial charge in [-0.3, -0.25) is 4.90 Å². The second-order valence-electron chi connectivity index (χ2n) is 7.27. The SMILES string of the molecule is CC(C)(C)OC(=O)COC(=O)[C@H](c1ccccc1)N1CCC(O)CC1. The van der Waals surface area contributed by atoms with Crippen LogP contribution in [0.25, 0.3) is 0 Å². The molecule has 6 nitrogen and oxygen atoms in total. The lowest BCUT2D eigenvalue weighted by Crippen LogP contribution is -2.42. The molecule has 1 heterocycles. The minimum absolute atomic E-state index is 0.328. The second-order valence-corrected chi connectivity index (χ2v) is 7.27. The molecule has 0 bridgehead atoms. The van der Waals surface area contributed by atoms with Gasteiger partial charge in [0.05, 0.1) is 6.10 Å². The molecule has 0 amide bonds. The van der Waals surface area contributed by atoms with Crippen molar-refractivity contribution in [3.8, 4) is 0 Å². The average Bonchev–Trinajstić information content (AvgIpc) is 2.54. The summed E-state index contributed by atoms with van der Waals surface area (Å²) in [5.41, 5.74) is 0.193. The Hall–Kier alpha value is -1.92. The number of aliphatic hydroxyl groups is 1. The molecular formula is C19H27NO5. The van der Waals surface area contributed by atoms with Gasteiger partial charge in [0.2, 0.25) is 0 Å². The van der Waals surface area contributed by atoms with Crippen molar-refractivity contribution in [3.63, 3.8) is 0 Å². The summed E-state index contributed by atoms with van der Waals surface area (Å²) in [6, 6.07) is 8.75. The number of esters is 2. The highest BCUT2D eigenvalue weighted by atomic mass is 16.6. The zero-order valence-corrected chi connectivity index (χ0v) is 15.1. The van der Waals surface area contributed by atoms with E-state index in [4.69, 9.17) is 9.47 Å². The Kier molecular flexibility index (Phi) is 6.56. The van der Waals surface area contributed by atoms with Crippen LogP contribution in [-0.4, -0.2) is 53.3 Å². The maximum atomic E-state index is 12.7. The van der Waals surface area contributed by atoms with Crippen LogP contribution in [0.15, 0.2) is 30.3 Å². The first-order chi connectivity index (χ1) is 11.8. The number of hydrogen-bond donors (Lipinski definition) is 1. The highest BCUT2D eigenvalue weighted by Gasteiger charge is 2.32. The zero-order chi connectivity index (χ0) is 18.4. The van der Waals surface area contributed by atoms with Gasteiger partial charge in [0.25, 0.3) is 0 Å². The standard InChI is InChI=1S/C19H27NO5/c1-19(2,3)25-16(22)13-24-18(23)17(14-7-5-4-6-8-14)20-11-9-15(21)10-12-20/h4-8,15,17,21H,9-13H2,1-3H3/t17-/m0/s1. The predicted octanol–water partition coefficient (Wildman–Crippen LogP) is 2.07. The normalized spacial score (nSPS) is 17.8. The lowest BCUT2D eigenvalue weighted by atomic mass is 10.0. The molecule has 1 aromatic rings.